The molecule has 7 aromatic carbocycles. The van der Waals surface area contributed by atoms with Gasteiger partial charge in [-0.3, -0.25) is 0 Å². The standard InChI is InChI=1S/C60H52N6/c1-5-17-41(18-6-1)43-31-35-47(36-32-43)57-61-55(45-21-9-3-10-22-45)63-59(65-57)51-27-15-25-49(39-51)53-29-13-14-30-54(53)50-26-16-28-52(40-50)60-64-56(46-23-11-4-12-24-46)62-58(66-60)48-37-33-44(34-38-48)42-19-7-2-8-20-42/h3-4,9-16,21-42H,1-2,5-8,17-20H2. The molecule has 0 radical (unpaired) electrons. The van der Waals surface area contributed by atoms with Crippen LogP contribution in [0.5, 0.6) is 0 Å². The van der Waals surface area contributed by atoms with E-state index in [1.807, 2.05) is 36.4 Å². The molecule has 2 heterocycles. The number of benzene rings is 7. The maximum absolute atomic E-state index is 5.14. The fourth-order valence-electron chi connectivity index (χ4n) is 10.0. The number of aromatic nitrogens is 6. The van der Waals surface area contributed by atoms with Crippen LogP contribution in [0.4, 0.5) is 0 Å². The summed E-state index contributed by atoms with van der Waals surface area (Å²) in [7, 11) is 0. The molecular formula is C60H52N6. The van der Waals surface area contributed by atoms with Crippen molar-refractivity contribution < 1.29 is 0 Å². The van der Waals surface area contributed by atoms with Crippen LogP contribution in [0.2, 0.25) is 0 Å². The quantitative estimate of drug-likeness (QED) is 0.136. The Morgan fingerprint density at radius 1 is 0.242 bits per heavy atom. The van der Waals surface area contributed by atoms with Gasteiger partial charge in [0.05, 0.1) is 0 Å². The first kappa shape index (κ1) is 41.3. The van der Waals surface area contributed by atoms with E-state index >= 15 is 0 Å². The second kappa shape index (κ2) is 19.0. The van der Waals surface area contributed by atoms with Crippen LogP contribution in [-0.4, -0.2) is 29.9 Å². The zero-order chi connectivity index (χ0) is 44.1. The van der Waals surface area contributed by atoms with E-state index in [-0.39, 0.29) is 0 Å². The van der Waals surface area contributed by atoms with Crippen molar-refractivity contribution in [2.24, 2.45) is 0 Å². The molecule has 0 bridgehead atoms. The fraction of sp³-hybridized carbons (Fsp3) is 0.200. The van der Waals surface area contributed by atoms with Crippen LogP contribution in [0.1, 0.15) is 87.2 Å². The van der Waals surface area contributed by atoms with Crippen molar-refractivity contribution in [1.29, 1.82) is 0 Å². The molecule has 0 spiro atoms. The first-order chi connectivity index (χ1) is 32.7. The summed E-state index contributed by atoms with van der Waals surface area (Å²) < 4.78 is 0. The molecule has 0 atom stereocenters. The van der Waals surface area contributed by atoms with Crippen molar-refractivity contribution in [1.82, 2.24) is 29.9 Å². The zero-order valence-electron chi connectivity index (χ0n) is 37.2. The van der Waals surface area contributed by atoms with Crippen LogP contribution in [-0.2, 0) is 0 Å². The number of nitrogens with zero attached hydrogens (tertiary/aromatic N) is 6. The van der Waals surface area contributed by atoms with Crippen molar-refractivity contribution in [3.05, 3.63) is 193 Å². The summed E-state index contributed by atoms with van der Waals surface area (Å²) in [5, 5.41) is 0. The molecule has 66 heavy (non-hydrogen) atoms. The molecule has 2 aromatic heterocycles. The van der Waals surface area contributed by atoms with Gasteiger partial charge in [-0.15, -0.1) is 0 Å². The van der Waals surface area contributed by atoms with Gasteiger partial charge < -0.3 is 0 Å². The van der Waals surface area contributed by atoms with E-state index in [0.717, 1.165) is 55.6 Å². The maximum atomic E-state index is 5.14. The first-order valence-corrected chi connectivity index (χ1v) is 23.8. The van der Waals surface area contributed by atoms with Crippen molar-refractivity contribution in [3.8, 4) is 90.6 Å². The minimum absolute atomic E-state index is 0.637. The molecule has 2 aliphatic carbocycles. The Balaban J connectivity index is 0.943. The van der Waals surface area contributed by atoms with Gasteiger partial charge in [-0.2, -0.15) is 0 Å². The summed E-state index contributed by atoms with van der Waals surface area (Å²) in [6, 6.07) is 64.0. The number of rotatable bonds is 10. The molecule has 0 unspecified atom stereocenters. The number of hydrogen-bond acceptors (Lipinski definition) is 6. The van der Waals surface area contributed by atoms with Crippen LogP contribution in [0.3, 0.4) is 0 Å². The molecule has 2 aliphatic rings. The van der Waals surface area contributed by atoms with E-state index in [9.17, 15) is 0 Å². The van der Waals surface area contributed by atoms with Crippen LogP contribution in [0.15, 0.2) is 182 Å². The molecule has 11 rings (SSSR count). The average molecular weight is 857 g/mol. The first-order valence-electron chi connectivity index (χ1n) is 23.8. The van der Waals surface area contributed by atoms with Gasteiger partial charge in [0.15, 0.2) is 34.9 Å². The molecule has 0 aliphatic heterocycles. The SMILES string of the molecule is c1ccc(-c2nc(-c3ccc(C4CCCCC4)cc3)nc(-c3cccc(-c4ccccc4-c4cccc(-c5nc(-c6ccccc6)nc(-c6ccc(C7CCCCC7)cc6)n5)c4)c3)n2)cc1. The molecule has 6 nitrogen and oxygen atoms in total. The topological polar surface area (TPSA) is 77.3 Å². The Bertz CT molecular complexity index is 2870. The van der Waals surface area contributed by atoms with Crippen LogP contribution in [0, 0.1) is 0 Å². The second-order valence-corrected chi connectivity index (χ2v) is 18.0. The van der Waals surface area contributed by atoms with Gasteiger partial charge in [-0.05, 0) is 83.0 Å². The lowest BCUT2D eigenvalue weighted by atomic mass is 9.84. The molecular weight excluding hydrogens is 805 g/mol. The zero-order valence-corrected chi connectivity index (χ0v) is 37.2. The molecule has 6 heteroatoms. The van der Waals surface area contributed by atoms with Crippen molar-refractivity contribution in [2.45, 2.75) is 76.0 Å². The highest BCUT2D eigenvalue weighted by Gasteiger charge is 2.20. The van der Waals surface area contributed by atoms with Crippen LogP contribution in [0.25, 0.3) is 90.6 Å². The van der Waals surface area contributed by atoms with E-state index < -0.39 is 0 Å². The van der Waals surface area contributed by atoms with Crippen molar-refractivity contribution >= 4 is 0 Å². The third-order valence-corrected chi connectivity index (χ3v) is 13.6. The molecule has 2 fully saturated rings. The van der Waals surface area contributed by atoms with E-state index in [1.54, 1.807) is 0 Å². The van der Waals surface area contributed by atoms with Gasteiger partial charge in [-0.1, -0.05) is 208 Å². The lowest BCUT2D eigenvalue weighted by Gasteiger charge is -2.22. The van der Waals surface area contributed by atoms with Crippen LogP contribution < -0.4 is 0 Å². The molecule has 0 N–H and O–H groups in total. The Morgan fingerprint density at radius 3 is 0.894 bits per heavy atom. The Labute approximate surface area is 388 Å². The summed E-state index contributed by atoms with van der Waals surface area (Å²) in [5.41, 5.74) is 12.9. The predicted octanol–water partition coefficient (Wildman–Crippen LogP) is 15.5. The summed E-state index contributed by atoms with van der Waals surface area (Å²) in [5.74, 6) is 5.21. The lowest BCUT2D eigenvalue weighted by molar-refractivity contribution is 0.443. The van der Waals surface area contributed by atoms with Gasteiger partial charge in [-0.25, -0.2) is 29.9 Å². The molecule has 0 amide bonds. The highest BCUT2D eigenvalue weighted by molar-refractivity contribution is 5.86. The van der Waals surface area contributed by atoms with E-state index in [1.165, 1.54) is 75.3 Å². The summed E-state index contributed by atoms with van der Waals surface area (Å²) in [6.07, 6.45) is 13.0. The van der Waals surface area contributed by atoms with Gasteiger partial charge in [0.1, 0.15) is 0 Å². The third-order valence-electron chi connectivity index (χ3n) is 13.6. The summed E-state index contributed by atoms with van der Waals surface area (Å²) in [6.45, 7) is 0. The summed E-state index contributed by atoms with van der Waals surface area (Å²) >= 11 is 0. The highest BCUT2D eigenvalue weighted by Crippen LogP contribution is 2.38. The van der Waals surface area contributed by atoms with E-state index in [4.69, 9.17) is 29.9 Å². The normalized spacial score (nSPS) is 14.5. The second-order valence-electron chi connectivity index (χ2n) is 18.0. The molecule has 0 saturated heterocycles. The van der Waals surface area contributed by atoms with Crippen LogP contribution >= 0.6 is 0 Å². The lowest BCUT2D eigenvalue weighted by Crippen LogP contribution is -2.04. The maximum Gasteiger partial charge on any atom is 0.164 e. The molecule has 9 aromatic rings. The highest BCUT2D eigenvalue weighted by atomic mass is 15.0. The largest absolute Gasteiger partial charge is 0.208 e. The van der Waals surface area contributed by atoms with Gasteiger partial charge >= 0.3 is 0 Å². The predicted molar refractivity (Wildman–Crippen MR) is 268 cm³/mol. The average Bonchev–Trinajstić information content (AvgIpc) is 3.42. The molecule has 2 saturated carbocycles. The third kappa shape index (κ3) is 8.96. The minimum Gasteiger partial charge on any atom is -0.208 e. The van der Waals surface area contributed by atoms with E-state index in [2.05, 4.69) is 146 Å². The van der Waals surface area contributed by atoms with E-state index in [0.29, 0.717) is 46.8 Å². The van der Waals surface area contributed by atoms with Gasteiger partial charge in [0, 0.05) is 33.4 Å². The van der Waals surface area contributed by atoms with Crippen molar-refractivity contribution in [3.63, 3.8) is 0 Å². The van der Waals surface area contributed by atoms with Gasteiger partial charge in [0.2, 0.25) is 0 Å². The monoisotopic (exact) mass is 856 g/mol. The Hall–Kier alpha value is -7.44. The number of hydrogen-bond donors (Lipinski definition) is 0. The Kier molecular flexibility index (Phi) is 11.9. The summed E-state index contributed by atoms with van der Waals surface area (Å²) in [4.78, 5) is 30.6. The minimum atomic E-state index is 0.637. The Morgan fingerprint density at radius 2 is 0.530 bits per heavy atom. The fourth-order valence-corrected chi connectivity index (χ4v) is 10.0. The van der Waals surface area contributed by atoms with Gasteiger partial charge in [0.25, 0.3) is 0 Å². The van der Waals surface area contributed by atoms with Crippen molar-refractivity contribution in [2.75, 3.05) is 0 Å². The smallest absolute Gasteiger partial charge is 0.164 e. The molecule has 322 valence electrons.